The number of aromatic hydroxyl groups is 1. The zero-order valence-corrected chi connectivity index (χ0v) is 50.7. The van der Waals surface area contributed by atoms with Crippen molar-refractivity contribution in [3.63, 3.8) is 0 Å². The second-order valence-corrected chi connectivity index (χ2v) is 22.8. The van der Waals surface area contributed by atoms with Crippen molar-refractivity contribution in [1.29, 1.82) is 5.41 Å². The van der Waals surface area contributed by atoms with E-state index in [2.05, 4.69) is 42.5 Å². The Morgan fingerprint density at radius 1 is 0.586 bits per heavy atom. The van der Waals surface area contributed by atoms with Crippen LogP contribution in [0.3, 0.4) is 0 Å². The van der Waals surface area contributed by atoms with E-state index in [9.17, 15) is 53.4 Å². The van der Waals surface area contributed by atoms with Crippen LogP contribution in [0.5, 0.6) is 5.75 Å². The maximum Gasteiger partial charge on any atom is 0.326 e. The summed E-state index contributed by atoms with van der Waals surface area (Å²) in [6, 6.07) is 12.9. The van der Waals surface area contributed by atoms with E-state index >= 15 is 0 Å². The number of likely N-dealkylation sites (tertiary alicyclic amines) is 1. The molecular formula is C62H94N14O11. The molecule has 0 radical (unpaired) electrons. The van der Waals surface area contributed by atoms with E-state index in [0.717, 1.165) is 0 Å². The van der Waals surface area contributed by atoms with Gasteiger partial charge in [0.05, 0.1) is 6.04 Å². The van der Waals surface area contributed by atoms with Crippen LogP contribution >= 0.6 is 0 Å². The zero-order chi connectivity index (χ0) is 64.0. The number of unbranched alkanes of at least 4 members (excludes halogenated alkanes) is 2. The predicted octanol–water partition coefficient (Wildman–Crippen LogP) is 0.830. The molecule has 1 heterocycles. The quantitative estimate of drug-likeness (QED) is 0.0215. The van der Waals surface area contributed by atoms with Gasteiger partial charge in [-0.3, -0.25) is 43.8 Å². The van der Waals surface area contributed by atoms with Gasteiger partial charge in [0.25, 0.3) is 0 Å². The van der Waals surface area contributed by atoms with E-state index in [1.54, 1.807) is 79.7 Å². The Bertz CT molecular complexity index is 2700. The Labute approximate surface area is 510 Å². The first-order chi connectivity index (χ1) is 41.5. The van der Waals surface area contributed by atoms with Crippen LogP contribution in [-0.2, 0) is 62.4 Å². The molecule has 19 N–H and O–H groups in total. The lowest BCUT2D eigenvalue weighted by atomic mass is 9.96. The highest BCUT2D eigenvalue weighted by Gasteiger charge is 2.41. The summed E-state index contributed by atoms with van der Waals surface area (Å²) in [5, 5.41) is 49.5. The van der Waals surface area contributed by atoms with Crippen molar-refractivity contribution < 1.29 is 53.4 Å². The van der Waals surface area contributed by atoms with Crippen molar-refractivity contribution in [3.05, 3.63) is 102 Å². The van der Waals surface area contributed by atoms with E-state index in [1.807, 2.05) is 20.8 Å². The number of hydrogen-bond acceptors (Lipinski definition) is 14. The van der Waals surface area contributed by atoms with Crippen LogP contribution in [0.2, 0.25) is 0 Å². The number of carbonyl (C=O) groups is 9. The first-order valence-corrected chi connectivity index (χ1v) is 30.3. The number of nitrogens with zero attached hydrogens (tertiary/aromatic N) is 1. The molecule has 3 aromatic rings. The maximum absolute atomic E-state index is 14.9. The van der Waals surface area contributed by atoms with Gasteiger partial charge >= 0.3 is 5.97 Å². The Morgan fingerprint density at radius 3 is 1.57 bits per heavy atom. The number of carbonyl (C=O) groups excluding carboxylic acids is 8. The second-order valence-electron chi connectivity index (χ2n) is 22.8. The molecule has 0 bridgehead atoms. The fourth-order valence-corrected chi connectivity index (χ4v) is 10.2. The smallest absolute Gasteiger partial charge is 0.326 e. The van der Waals surface area contributed by atoms with Gasteiger partial charge in [-0.2, -0.15) is 0 Å². The van der Waals surface area contributed by atoms with Crippen molar-refractivity contribution in [2.45, 2.75) is 178 Å². The van der Waals surface area contributed by atoms with Gasteiger partial charge in [0.15, 0.2) is 5.96 Å². The third kappa shape index (κ3) is 24.6. The number of carboxylic acid groups (broad SMARTS) is 1. The molecule has 87 heavy (non-hydrogen) atoms. The molecule has 3 aromatic carbocycles. The lowest BCUT2D eigenvalue weighted by Crippen LogP contribution is -2.61. The number of amides is 8. The van der Waals surface area contributed by atoms with E-state index in [1.165, 1.54) is 17.0 Å². The van der Waals surface area contributed by atoms with E-state index in [4.69, 9.17) is 28.3 Å². The average molecular weight is 1210 g/mol. The molecule has 1 aliphatic heterocycles. The van der Waals surface area contributed by atoms with Gasteiger partial charge in [-0.15, -0.1) is 0 Å². The second kappa shape index (κ2) is 37.4. The Morgan fingerprint density at radius 2 is 1.06 bits per heavy atom. The summed E-state index contributed by atoms with van der Waals surface area (Å²) in [5.41, 5.74) is 25.3. The molecule has 0 unspecified atom stereocenters. The molecule has 10 atom stereocenters. The monoisotopic (exact) mass is 1210 g/mol. The predicted molar refractivity (Wildman–Crippen MR) is 330 cm³/mol. The molecule has 0 aromatic heterocycles. The summed E-state index contributed by atoms with van der Waals surface area (Å²) < 4.78 is 0. The fourth-order valence-electron chi connectivity index (χ4n) is 10.2. The molecule has 4 rings (SSSR count). The summed E-state index contributed by atoms with van der Waals surface area (Å²) >= 11 is 0. The number of nitrogens with two attached hydrogens (primary N) is 4. The summed E-state index contributed by atoms with van der Waals surface area (Å²) in [4.78, 5) is 129. The highest BCUT2D eigenvalue weighted by Crippen LogP contribution is 2.22. The van der Waals surface area contributed by atoms with Gasteiger partial charge < -0.3 is 80.6 Å². The Kier molecular flexibility index (Phi) is 30.7. The normalized spacial score (nSPS) is 16.0. The van der Waals surface area contributed by atoms with Crippen LogP contribution in [-0.4, -0.2) is 155 Å². The number of guanidine groups is 1. The Balaban J connectivity index is 1.62. The number of nitrogens with one attached hydrogen (secondary N) is 9. The molecule has 1 saturated heterocycles. The lowest BCUT2D eigenvalue weighted by molar-refractivity contribution is -0.143. The third-order valence-corrected chi connectivity index (χ3v) is 15.3. The summed E-state index contributed by atoms with van der Waals surface area (Å²) in [5.74, 6) is -7.57. The molecule has 478 valence electrons. The fraction of sp³-hybridized carbons (Fsp3) is 0.548. The molecule has 1 aliphatic rings. The van der Waals surface area contributed by atoms with Gasteiger partial charge in [0.2, 0.25) is 47.3 Å². The van der Waals surface area contributed by atoms with Crippen molar-refractivity contribution in [2.75, 3.05) is 26.2 Å². The van der Waals surface area contributed by atoms with Crippen LogP contribution in [0.1, 0.15) is 121 Å². The van der Waals surface area contributed by atoms with Gasteiger partial charge in [0, 0.05) is 32.4 Å². The molecule has 0 spiro atoms. The number of rotatable bonds is 38. The molecule has 8 amide bonds. The average Bonchev–Trinajstić information content (AvgIpc) is 4.20. The van der Waals surface area contributed by atoms with Crippen molar-refractivity contribution >= 4 is 59.2 Å². The molecule has 25 nitrogen and oxygen atoms in total. The van der Waals surface area contributed by atoms with Crippen LogP contribution in [0, 0.1) is 17.2 Å². The maximum atomic E-state index is 14.9. The van der Waals surface area contributed by atoms with Crippen LogP contribution in [0.4, 0.5) is 0 Å². The van der Waals surface area contributed by atoms with E-state index in [0.29, 0.717) is 68.2 Å². The number of hydrogen-bond donors (Lipinski definition) is 15. The summed E-state index contributed by atoms with van der Waals surface area (Å²) in [6.07, 6.45) is 3.54. The first kappa shape index (κ1) is 71.3. The van der Waals surface area contributed by atoms with Crippen molar-refractivity contribution in [3.8, 4) is 5.75 Å². The van der Waals surface area contributed by atoms with Gasteiger partial charge in [-0.05, 0) is 124 Å². The highest BCUT2D eigenvalue weighted by molar-refractivity contribution is 5.98. The topological polar surface area (TPSA) is 421 Å². The molecular weight excluding hydrogens is 1120 g/mol. The van der Waals surface area contributed by atoms with Crippen LogP contribution < -0.4 is 65.5 Å². The number of benzene rings is 3. The summed E-state index contributed by atoms with van der Waals surface area (Å²) in [6.45, 7) is 8.14. The van der Waals surface area contributed by atoms with Crippen molar-refractivity contribution in [2.24, 2.45) is 34.8 Å². The number of phenols is 1. The number of phenolic OH excluding ortho intramolecular Hbond substituents is 1. The largest absolute Gasteiger partial charge is 0.508 e. The van der Waals surface area contributed by atoms with Crippen molar-refractivity contribution in [1.82, 2.24) is 47.4 Å². The minimum Gasteiger partial charge on any atom is -0.508 e. The van der Waals surface area contributed by atoms with E-state index < -0.39 is 114 Å². The minimum absolute atomic E-state index is 0.0281. The molecule has 0 saturated carbocycles. The van der Waals surface area contributed by atoms with Crippen LogP contribution in [0.15, 0.2) is 84.9 Å². The minimum atomic E-state index is -1.33. The zero-order valence-electron chi connectivity index (χ0n) is 50.7. The van der Waals surface area contributed by atoms with Gasteiger partial charge in [0.1, 0.15) is 54.1 Å². The summed E-state index contributed by atoms with van der Waals surface area (Å²) in [7, 11) is 0. The van der Waals surface area contributed by atoms with E-state index in [-0.39, 0.29) is 88.6 Å². The standard InChI is InChI=1S/C62H94N14O11/c1-5-39(4)52(59(84)74-50(61(86)87)34-38(2)3)75-57(82)49(37-42-26-28-43(77)29-27-42)73-58(83)51-25-17-33-76(51)60(85)46(24-13-15-31-64)70-54(79)45(23-12-14-30-63)69-55(80)48(36-41-20-10-7-11-21-41)72-56(81)47(35-40-18-8-6-9-19-40)71-53(78)44(65)22-16-32-68-62(66)67/h6-11,18-21,26-29,38-39,44-52,77H,5,12-17,22-25,30-37,63-65H2,1-4H3,(H,69,80)(H,70,79)(H,71,78)(H,72,81)(H,73,83)(H,74,84)(H,75,82)(H,86,87)(H4,66,67,68)/t39-,44+,45-,46-,47-,48-,49-,50-,51-,52-/m0/s1. The highest BCUT2D eigenvalue weighted by atomic mass is 16.4. The SMILES string of the molecule is CC[C@H](C)[C@H](NC(=O)[C@H](Cc1ccc(O)cc1)NC(=O)[C@@H]1CCCN1C(=O)[C@H](CCCCN)NC(=O)[C@H](CCCCN)NC(=O)[C@H](Cc1ccccc1)NC(=O)[C@H](Cc1ccccc1)NC(=O)[C@H](N)CCCNC(=N)N)C(=O)N[C@@H](CC(C)C)C(=O)O. The molecule has 1 fully saturated rings. The van der Waals surface area contributed by atoms with Gasteiger partial charge in [-0.25, -0.2) is 4.79 Å². The molecule has 25 heteroatoms. The number of aliphatic carboxylic acids is 1. The third-order valence-electron chi connectivity index (χ3n) is 15.3. The lowest BCUT2D eigenvalue weighted by Gasteiger charge is -2.31. The van der Waals surface area contributed by atoms with Gasteiger partial charge in [-0.1, -0.05) is 107 Å². The number of carboxylic acids is 1. The first-order valence-electron chi connectivity index (χ1n) is 30.3. The molecule has 0 aliphatic carbocycles. The Hall–Kier alpha value is -8.16. The van der Waals surface area contributed by atoms with Crippen LogP contribution in [0.25, 0.3) is 0 Å².